The topological polar surface area (TPSA) is 143 Å². The first kappa shape index (κ1) is 31.0. The lowest BCUT2D eigenvalue weighted by Crippen LogP contribution is -2.21. The van der Waals surface area contributed by atoms with Crippen molar-refractivity contribution in [3.8, 4) is 11.8 Å². The van der Waals surface area contributed by atoms with Gasteiger partial charge < -0.3 is 26.1 Å². The van der Waals surface area contributed by atoms with E-state index in [4.69, 9.17) is 10.5 Å². The van der Waals surface area contributed by atoms with Crippen LogP contribution in [0.15, 0.2) is 103 Å². The molecule has 0 saturated heterocycles. The molecule has 2 amide bonds. The van der Waals surface area contributed by atoms with Gasteiger partial charge in [-0.1, -0.05) is 37.9 Å². The van der Waals surface area contributed by atoms with E-state index in [1.54, 1.807) is 30.5 Å². The largest absolute Gasteiger partial charge is 0.424 e. The maximum Gasteiger partial charge on any atom is 0.416 e. The van der Waals surface area contributed by atoms with Gasteiger partial charge in [0.25, 0.3) is 0 Å². The van der Waals surface area contributed by atoms with Crippen LogP contribution in [0.4, 0.5) is 35.2 Å². The number of nitrogens with two attached hydrogens (primary N) is 1. The monoisotopic (exact) mass is 600 g/mol. The molecule has 2 aromatic heterocycles. The average Bonchev–Trinajstić information content (AvgIpc) is 3.40. The van der Waals surface area contributed by atoms with E-state index in [1.165, 1.54) is 30.9 Å². The highest BCUT2D eigenvalue weighted by molar-refractivity contribution is 6.21. The minimum Gasteiger partial charge on any atom is -0.424 e. The number of halogens is 3. The van der Waals surface area contributed by atoms with E-state index in [-0.39, 0.29) is 34.4 Å². The summed E-state index contributed by atoms with van der Waals surface area (Å²) in [6.07, 6.45) is 2.26. The molecule has 0 aliphatic carbocycles. The van der Waals surface area contributed by atoms with Gasteiger partial charge in [-0.3, -0.25) is 4.99 Å². The van der Waals surface area contributed by atoms with E-state index in [0.29, 0.717) is 17.1 Å². The summed E-state index contributed by atoms with van der Waals surface area (Å²) in [5, 5.41) is 4.88. The summed E-state index contributed by atoms with van der Waals surface area (Å²) in [6.45, 7) is 13.2. The SMILES string of the molecule is C=CN=CC(=C)c1ccc(C(F)(F)F)cc1NC(=O)Nc1cnc(Oc2ccc(C(=C)C(N)=Nc3[nH]ccc3C)cc2)nc1. The number of aryl methyl sites for hydroxylation is 1. The number of aromatic nitrogens is 3. The minimum atomic E-state index is -4.62. The summed E-state index contributed by atoms with van der Waals surface area (Å²) in [4.78, 5) is 32.0. The zero-order valence-corrected chi connectivity index (χ0v) is 23.4. The van der Waals surface area contributed by atoms with Crippen molar-refractivity contribution in [3.63, 3.8) is 0 Å². The molecule has 44 heavy (non-hydrogen) atoms. The zero-order chi connectivity index (χ0) is 31.9. The summed E-state index contributed by atoms with van der Waals surface area (Å²) >= 11 is 0. The Morgan fingerprint density at radius 3 is 2.39 bits per heavy atom. The third-order valence-corrected chi connectivity index (χ3v) is 6.04. The van der Waals surface area contributed by atoms with Gasteiger partial charge in [0.05, 0.1) is 29.3 Å². The number of aliphatic imine (C=N–C) groups is 2. The van der Waals surface area contributed by atoms with Gasteiger partial charge in [-0.2, -0.15) is 13.2 Å². The van der Waals surface area contributed by atoms with Gasteiger partial charge in [0.1, 0.15) is 17.4 Å². The van der Waals surface area contributed by atoms with Crippen LogP contribution < -0.4 is 21.1 Å². The molecule has 0 unspecified atom stereocenters. The first-order chi connectivity index (χ1) is 20.9. The molecule has 0 bridgehead atoms. The number of rotatable bonds is 10. The summed E-state index contributed by atoms with van der Waals surface area (Å²) in [6, 6.07) is 10.8. The van der Waals surface area contributed by atoms with Crippen molar-refractivity contribution in [1.29, 1.82) is 0 Å². The van der Waals surface area contributed by atoms with Crippen LogP contribution >= 0.6 is 0 Å². The Morgan fingerprint density at radius 1 is 1.07 bits per heavy atom. The van der Waals surface area contributed by atoms with Crippen LogP contribution in [0, 0.1) is 6.92 Å². The summed E-state index contributed by atoms with van der Waals surface area (Å²) in [5.41, 5.74) is 7.91. The van der Waals surface area contributed by atoms with Gasteiger partial charge in [0, 0.05) is 29.7 Å². The number of amidine groups is 1. The number of anilines is 2. The molecule has 0 spiro atoms. The van der Waals surface area contributed by atoms with Gasteiger partial charge >= 0.3 is 18.2 Å². The molecular formula is C31H27F3N8O2. The number of ether oxygens (including phenoxy) is 1. The number of nitrogens with zero attached hydrogens (tertiary/aromatic N) is 4. The van der Waals surface area contributed by atoms with E-state index in [9.17, 15) is 18.0 Å². The maximum atomic E-state index is 13.3. The molecule has 13 heteroatoms. The summed E-state index contributed by atoms with van der Waals surface area (Å²) in [7, 11) is 0. The third-order valence-electron chi connectivity index (χ3n) is 6.04. The molecule has 2 aromatic carbocycles. The van der Waals surface area contributed by atoms with E-state index in [1.807, 2.05) is 13.0 Å². The predicted molar refractivity (Wildman–Crippen MR) is 166 cm³/mol. The van der Waals surface area contributed by atoms with Crippen LogP contribution in [0.3, 0.4) is 0 Å². The van der Waals surface area contributed by atoms with Crippen LogP contribution in [-0.4, -0.2) is 33.0 Å². The second-order valence-electron chi connectivity index (χ2n) is 9.19. The lowest BCUT2D eigenvalue weighted by Gasteiger charge is -2.15. The van der Waals surface area contributed by atoms with E-state index < -0.39 is 17.8 Å². The number of carbonyl (C=O) groups is 1. The van der Waals surface area contributed by atoms with Crippen molar-refractivity contribution in [2.75, 3.05) is 10.6 Å². The lowest BCUT2D eigenvalue weighted by molar-refractivity contribution is -0.137. The molecule has 5 N–H and O–H groups in total. The molecule has 0 fully saturated rings. The van der Waals surface area contributed by atoms with Gasteiger partial charge in [-0.05, 0) is 54.0 Å². The number of nitrogens with one attached hydrogen (secondary N) is 3. The molecule has 2 heterocycles. The highest BCUT2D eigenvalue weighted by atomic mass is 19.4. The number of allylic oxidation sites excluding steroid dienone is 1. The molecule has 0 atom stereocenters. The van der Waals surface area contributed by atoms with Gasteiger partial charge in [-0.25, -0.2) is 19.8 Å². The fraction of sp³-hybridized carbons (Fsp3) is 0.0645. The van der Waals surface area contributed by atoms with Crippen LogP contribution in [-0.2, 0) is 6.18 Å². The number of carbonyl (C=O) groups excluding carboxylic acids is 1. The average molecular weight is 601 g/mol. The lowest BCUT2D eigenvalue weighted by atomic mass is 10.0. The van der Waals surface area contributed by atoms with E-state index in [0.717, 1.165) is 23.3 Å². The Morgan fingerprint density at radius 2 is 1.77 bits per heavy atom. The molecule has 4 rings (SSSR count). The number of alkyl halides is 3. The fourth-order valence-electron chi connectivity index (χ4n) is 3.76. The Bertz CT molecular complexity index is 1760. The number of benzene rings is 2. The predicted octanol–water partition coefficient (Wildman–Crippen LogP) is 7.50. The van der Waals surface area contributed by atoms with Crippen LogP contribution in [0.2, 0.25) is 0 Å². The second-order valence-corrected chi connectivity index (χ2v) is 9.19. The van der Waals surface area contributed by atoms with E-state index >= 15 is 0 Å². The standard InChI is InChI=1S/C31H27F3N8O2/c1-5-36-15-19(3)25-11-8-22(31(32,33)34)14-26(25)41-29(43)40-23-16-38-30(39-17-23)44-24-9-6-21(7-10-24)20(4)27(35)42-28-18(2)12-13-37-28/h5-17,37H,1,3-4H2,2H3,(H2,35,42)(H2,40,41,43). The number of amides is 2. The Balaban J connectivity index is 1.40. The van der Waals surface area contributed by atoms with Crippen molar-refractivity contribution < 1.29 is 22.7 Å². The number of aromatic amines is 1. The van der Waals surface area contributed by atoms with Crippen molar-refractivity contribution in [2.24, 2.45) is 15.7 Å². The molecule has 0 aliphatic rings. The molecule has 10 nitrogen and oxygen atoms in total. The van der Waals surface area contributed by atoms with E-state index in [2.05, 4.69) is 55.3 Å². The van der Waals surface area contributed by atoms with Crippen LogP contribution in [0.25, 0.3) is 11.1 Å². The Kier molecular flexibility index (Phi) is 9.38. The summed E-state index contributed by atoms with van der Waals surface area (Å²) < 4.78 is 45.6. The number of urea groups is 1. The molecule has 0 radical (unpaired) electrons. The molecule has 0 aliphatic heterocycles. The normalized spacial score (nSPS) is 11.7. The quantitative estimate of drug-likeness (QED) is 0.110. The van der Waals surface area contributed by atoms with Gasteiger partial charge in [0.15, 0.2) is 0 Å². The fourth-order valence-corrected chi connectivity index (χ4v) is 3.76. The third kappa shape index (κ3) is 7.85. The van der Waals surface area contributed by atoms with Crippen LogP contribution in [0.5, 0.6) is 11.8 Å². The highest BCUT2D eigenvalue weighted by Gasteiger charge is 2.31. The van der Waals surface area contributed by atoms with Gasteiger partial charge in [-0.15, -0.1) is 0 Å². The summed E-state index contributed by atoms with van der Waals surface area (Å²) in [5.74, 6) is 1.33. The second kappa shape index (κ2) is 13.3. The Hall–Kier alpha value is -5.98. The van der Waals surface area contributed by atoms with Crippen LogP contribution in [0.1, 0.15) is 22.3 Å². The van der Waals surface area contributed by atoms with Gasteiger partial charge in [0.2, 0.25) is 0 Å². The number of hydrogen-bond acceptors (Lipinski definition) is 6. The first-order valence-corrected chi connectivity index (χ1v) is 12.8. The van der Waals surface area contributed by atoms with Crippen molar-refractivity contribution in [3.05, 3.63) is 115 Å². The van der Waals surface area contributed by atoms with Crippen molar-refractivity contribution in [2.45, 2.75) is 13.1 Å². The first-order valence-electron chi connectivity index (χ1n) is 12.8. The molecule has 4 aromatic rings. The zero-order valence-electron chi connectivity index (χ0n) is 23.4. The van der Waals surface area contributed by atoms with Crippen molar-refractivity contribution >= 4 is 46.4 Å². The number of H-pyrrole nitrogens is 1. The van der Waals surface area contributed by atoms with Crippen molar-refractivity contribution in [1.82, 2.24) is 15.0 Å². The molecular weight excluding hydrogens is 573 g/mol. The highest BCUT2D eigenvalue weighted by Crippen LogP contribution is 2.34. The smallest absolute Gasteiger partial charge is 0.416 e. The maximum absolute atomic E-state index is 13.3. The molecule has 0 saturated carbocycles. The minimum absolute atomic E-state index is 0.0104. The Labute approximate surface area is 250 Å². The number of hydrogen-bond donors (Lipinski definition) is 4. The molecule has 224 valence electrons.